The molecule has 0 spiro atoms. The highest BCUT2D eigenvalue weighted by Gasteiger charge is 2.33. The van der Waals surface area contributed by atoms with E-state index < -0.39 is 12.4 Å². The zero-order valence-corrected chi connectivity index (χ0v) is 21.5. The minimum atomic E-state index is -4.73. The quantitative estimate of drug-likeness (QED) is 0.408. The van der Waals surface area contributed by atoms with Crippen LogP contribution in [0.4, 0.5) is 13.2 Å². The minimum absolute atomic E-state index is 0.262. The maximum Gasteiger partial charge on any atom is 0.573 e. The third-order valence-electron chi connectivity index (χ3n) is 7.35. The van der Waals surface area contributed by atoms with Crippen LogP contribution in [-0.4, -0.2) is 65.6 Å². The van der Waals surface area contributed by atoms with Crippen molar-refractivity contribution >= 4 is 6.29 Å². The van der Waals surface area contributed by atoms with Gasteiger partial charge in [-0.05, 0) is 66.1 Å². The van der Waals surface area contributed by atoms with E-state index in [9.17, 15) is 18.0 Å². The second kappa shape index (κ2) is 10.8. The Hall–Kier alpha value is -3.27. The second-order valence-corrected chi connectivity index (χ2v) is 10.2. The molecule has 200 valence electrons. The fourth-order valence-corrected chi connectivity index (χ4v) is 5.36. The first-order valence-corrected chi connectivity index (χ1v) is 12.7. The van der Waals surface area contributed by atoms with Gasteiger partial charge in [0.05, 0.1) is 11.7 Å². The van der Waals surface area contributed by atoms with Crippen molar-refractivity contribution in [3.8, 4) is 16.9 Å². The highest BCUT2D eigenvalue weighted by Crippen LogP contribution is 2.38. The molecule has 5 rings (SSSR count). The van der Waals surface area contributed by atoms with Gasteiger partial charge in [-0.3, -0.25) is 14.8 Å². The number of benzene rings is 2. The summed E-state index contributed by atoms with van der Waals surface area (Å²) in [6, 6.07) is 13.8. The maximum atomic E-state index is 12.5. The Labute approximate surface area is 220 Å². The highest BCUT2D eigenvalue weighted by atomic mass is 19.4. The Morgan fingerprint density at radius 3 is 2.37 bits per heavy atom. The van der Waals surface area contributed by atoms with Gasteiger partial charge in [0.25, 0.3) is 0 Å². The van der Waals surface area contributed by atoms with Crippen LogP contribution in [0.5, 0.6) is 5.75 Å². The van der Waals surface area contributed by atoms with E-state index in [4.69, 9.17) is 4.98 Å². The Morgan fingerprint density at radius 2 is 1.74 bits per heavy atom. The number of ether oxygens (including phenoxy) is 1. The number of pyridine rings is 1. The van der Waals surface area contributed by atoms with Crippen LogP contribution in [0.1, 0.15) is 34.0 Å². The van der Waals surface area contributed by atoms with Crippen LogP contribution < -0.4 is 4.74 Å². The van der Waals surface area contributed by atoms with Gasteiger partial charge in [0.1, 0.15) is 12.0 Å². The van der Waals surface area contributed by atoms with Crippen molar-refractivity contribution in [2.45, 2.75) is 39.0 Å². The maximum absolute atomic E-state index is 12.5. The first-order valence-electron chi connectivity index (χ1n) is 12.7. The Kier molecular flexibility index (Phi) is 7.52. The largest absolute Gasteiger partial charge is 0.573 e. The minimum Gasteiger partial charge on any atom is -0.406 e. The first-order chi connectivity index (χ1) is 18.2. The summed E-state index contributed by atoms with van der Waals surface area (Å²) in [4.78, 5) is 23.6. The molecule has 1 fully saturated rings. The monoisotopic (exact) mass is 524 g/mol. The zero-order valence-electron chi connectivity index (χ0n) is 21.5. The molecule has 1 aromatic heterocycles. The number of aryl methyl sites for hydroxylation is 1. The van der Waals surface area contributed by atoms with Gasteiger partial charge in [-0.1, -0.05) is 24.3 Å². The van der Waals surface area contributed by atoms with E-state index >= 15 is 0 Å². The fraction of sp³-hybridized carbons (Fsp3) is 0.379. The van der Waals surface area contributed by atoms with E-state index in [2.05, 4.69) is 45.8 Å². The molecule has 1 atom stereocenters. The highest BCUT2D eigenvalue weighted by molar-refractivity contribution is 5.71. The fourth-order valence-electron chi connectivity index (χ4n) is 5.36. The van der Waals surface area contributed by atoms with Crippen LogP contribution >= 0.6 is 0 Å². The number of carbonyl (C=O) groups excluding carboxylic acids is 1. The predicted octanol–water partition coefficient (Wildman–Crippen LogP) is 4.96. The topological polar surface area (TPSA) is 48.9 Å². The van der Waals surface area contributed by atoms with Gasteiger partial charge in [0.15, 0.2) is 0 Å². The van der Waals surface area contributed by atoms with E-state index in [-0.39, 0.29) is 5.75 Å². The lowest BCUT2D eigenvalue weighted by molar-refractivity contribution is -0.274. The normalized spacial score (nSPS) is 18.9. The van der Waals surface area contributed by atoms with Crippen molar-refractivity contribution in [2.24, 2.45) is 0 Å². The smallest absolute Gasteiger partial charge is 0.406 e. The van der Waals surface area contributed by atoms with Crippen molar-refractivity contribution in [3.05, 3.63) is 82.7 Å². The van der Waals surface area contributed by atoms with Crippen LogP contribution in [0.25, 0.3) is 11.1 Å². The van der Waals surface area contributed by atoms with Crippen molar-refractivity contribution in [1.29, 1.82) is 0 Å². The SMILES string of the molecule is Cc1cc(-c2ccc(CN3CCN(C)CC3)nc2)cc2c1C(C=O)N(Cc1ccc(OC(F)(F)F)cc1)C2. The number of nitrogens with zero attached hydrogens (tertiary/aromatic N) is 4. The van der Waals surface area contributed by atoms with E-state index in [0.717, 1.165) is 78.1 Å². The molecule has 0 bridgehead atoms. The number of likely N-dealkylation sites (N-methyl/N-ethyl adjacent to an activating group) is 1. The number of carbonyl (C=O) groups is 1. The predicted molar refractivity (Wildman–Crippen MR) is 138 cm³/mol. The van der Waals surface area contributed by atoms with Crippen LogP contribution in [0.3, 0.4) is 0 Å². The third-order valence-corrected chi connectivity index (χ3v) is 7.35. The third kappa shape index (κ3) is 6.06. The molecule has 3 aromatic rings. The molecular weight excluding hydrogens is 493 g/mol. The Bertz CT molecular complexity index is 1270. The second-order valence-electron chi connectivity index (χ2n) is 10.2. The molecular formula is C29H31F3N4O2. The van der Waals surface area contributed by atoms with Crippen molar-refractivity contribution in [1.82, 2.24) is 19.7 Å². The summed E-state index contributed by atoms with van der Waals surface area (Å²) >= 11 is 0. The van der Waals surface area contributed by atoms with E-state index in [1.54, 1.807) is 12.1 Å². The number of alkyl halides is 3. The molecule has 0 saturated carbocycles. The van der Waals surface area contributed by atoms with Gasteiger partial charge in [0.2, 0.25) is 0 Å². The summed E-state index contributed by atoms with van der Waals surface area (Å²) < 4.78 is 41.3. The average molecular weight is 525 g/mol. The van der Waals surface area contributed by atoms with Gasteiger partial charge in [-0.25, -0.2) is 0 Å². The molecule has 0 amide bonds. The van der Waals surface area contributed by atoms with Gasteiger partial charge in [0, 0.05) is 57.6 Å². The lowest BCUT2D eigenvalue weighted by Crippen LogP contribution is -2.43. The summed E-state index contributed by atoms with van der Waals surface area (Å²) in [5, 5.41) is 0. The molecule has 6 nitrogen and oxygen atoms in total. The van der Waals surface area contributed by atoms with Crippen molar-refractivity contribution < 1.29 is 22.7 Å². The number of rotatable bonds is 7. The number of hydrogen-bond acceptors (Lipinski definition) is 6. The lowest BCUT2D eigenvalue weighted by atomic mass is 9.94. The molecule has 2 aliphatic heterocycles. The number of fused-ring (bicyclic) bond motifs is 1. The van der Waals surface area contributed by atoms with Crippen molar-refractivity contribution in [3.63, 3.8) is 0 Å². The molecule has 38 heavy (non-hydrogen) atoms. The summed E-state index contributed by atoms with van der Waals surface area (Å²) in [7, 11) is 2.15. The summed E-state index contributed by atoms with van der Waals surface area (Å²) in [6.45, 7) is 8.10. The summed E-state index contributed by atoms with van der Waals surface area (Å²) in [5.74, 6) is -0.262. The molecule has 1 saturated heterocycles. The zero-order chi connectivity index (χ0) is 26.9. The molecule has 0 radical (unpaired) electrons. The van der Waals surface area contributed by atoms with E-state index in [1.165, 1.54) is 12.1 Å². The van der Waals surface area contributed by atoms with Gasteiger partial charge in [-0.15, -0.1) is 13.2 Å². The van der Waals surface area contributed by atoms with Crippen LogP contribution in [0.2, 0.25) is 0 Å². The number of piperazine rings is 1. The molecule has 9 heteroatoms. The average Bonchev–Trinajstić information content (AvgIpc) is 3.23. The molecule has 3 heterocycles. The Balaban J connectivity index is 1.29. The summed E-state index contributed by atoms with van der Waals surface area (Å²) in [6.07, 6.45) is -1.87. The Morgan fingerprint density at radius 1 is 1.00 bits per heavy atom. The van der Waals surface area contributed by atoms with Gasteiger partial charge in [-0.2, -0.15) is 0 Å². The molecule has 0 N–H and O–H groups in total. The molecule has 1 unspecified atom stereocenters. The lowest BCUT2D eigenvalue weighted by Gasteiger charge is -2.32. The van der Waals surface area contributed by atoms with Gasteiger partial charge < -0.3 is 14.4 Å². The number of aromatic nitrogens is 1. The van der Waals surface area contributed by atoms with Crippen LogP contribution in [-0.2, 0) is 24.4 Å². The summed E-state index contributed by atoms with van der Waals surface area (Å²) in [5.41, 5.74) is 7.05. The van der Waals surface area contributed by atoms with E-state index in [0.29, 0.717) is 13.1 Å². The molecule has 2 aliphatic rings. The number of halogens is 3. The van der Waals surface area contributed by atoms with Crippen molar-refractivity contribution in [2.75, 3.05) is 33.2 Å². The van der Waals surface area contributed by atoms with Crippen LogP contribution in [0, 0.1) is 6.92 Å². The standard InChI is InChI=1S/C29H31F3N4O2/c1-20-13-23(22-5-6-25(33-15-22)18-35-11-9-34(2)10-12-35)14-24-17-36(27(19-37)28(20)24)16-21-3-7-26(8-4-21)38-29(30,31)32/h3-8,13-15,19,27H,9-12,16-18H2,1-2H3. The number of hydrogen-bond donors (Lipinski definition) is 0. The molecule has 0 aliphatic carbocycles. The van der Waals surface area contributed by atoms with E-state index in [1.807, 2.05) is 18.0 Å². The number of aldehydes is 1. The molecule has 2 aromatic carbocycles. The van der Waals surface area contributed by atoms with Gasteiger partial charge >= 0.3 is 6.36 Å². The first kappa shape index (κ1) is 26.3. The van der Waals surface area contributed by atoms with Crippen LogP contribution in [0.15, 0.2) is 54.7 Å².